The third-order valence-electron chi connectivity index (χ3n) is 16.8. The van der Waals surface area contributed by atoms with Gasteiger partial charge < -0.3 is 40.1 Å². The van der Waals surface area contributed by atoms with Crippen LogP contribution in [0.3, 0.4) is 0 Å². The van der Waals surface area contributed by atoms with Crippen molar-refractivity contribution in [2.75, 3.05) is 73.9 Å². The number of β-amino-alcohol motifs (C(OH)–C–C–N with tert-alkyl or cyclic N) is 2. The first-order chi connectivity index (χ1) is 36.3. The molecule has 15 nitrogen and oxygen atoms in total. The molecule has 2 saturated carbocycles. The molecule has 4 N–H and O–H groups in total. The summed E-state index contributed by atoms with van der Waals surface area (Å²) in [6.45, 7) is 4.99. The average molecular weight is 997 g/mol. The highest BCUT2D eigenvalue weighted by Crippen LogP contribution is 2.42. The van der Waals surface area contributed by atoms with Crippen molar-refractivity contribution in [1.82, 2.24) is 29.7 Å². The summed E-state index contributed by atoms with van der Waals surface area (Å²) in [5.74, 6) is 1.50. The molecule has 0 amide bonds. The molecule has 12 rings (SSSR count). The molecule has 0 radical (unpaired) electrons. The van der Waals surface area contributed by atoms with E-state index in [1.54, 1.807) is 14.2 Å². The molecule has 4 aromatic carbocycles. The highest BCUT2D eigenvalue weighted by molar-refractivity contribution is 6.15. The van der Waals surface area contributed by atoms with Crippen molar-refractivity contribution in [2.24, 2.45) is 0 Å². The van der Waals surface area contributed by atoms with Crippen LogP contribution in [-0.4, -0.2) is 148 Å². The van der Waals surface area contributed by atoms with Gasteiger partial charge in [0.15, 0.2) is 23.3 Å². The van der Waals surface area contributed by atoms with Crippen LogP contribution in [-0.2, 0) is 35.4 Å². The first-order valence-corrected chi connectivity index (χ1v) is 26.8. The van der Waals surface area contributed by atoms with Crippen LogP contribution in [0.1, 0.15) is 77.0 Å². The molecule has 384 valence electrons. The minimum absolute atomic E-state index is 0.0423. The zero-order chi connectivity index (χ0) is 50.3. The maximum atomic E-state index is 16.5. The Balaban J connectivity index is 0.970. The Bertz CT molecular complexity index is 2760. The van der Waals surface area contributed by atoms with Gasteiger partial charge in [0.25, 0.3) is 0 Å². The smallest absolute Gasteiger partial charge is 0.234 e. The topological polar surface area (TPSA) is 165 Å². The maximum absolute atomic E-state index is 16.5. The van der Waals surface area contributed by atoms with Crippen LogP contribution in [0.15, 0.2) is 109 Å². The summed E-state index contributed by atoms with van der Waals surface area (Å²) in [4.78, 5) is 46.8. The molecule has 2 aliphatic carbocycles. The van der Waals surface area contributed by atoms with E-state index in [0.717, 1.165) is 75.8 Å². The average Bonchev–Trinajstić information content (AvgIpc) is 3.42. The lowest BCUT2D eigenvalue weighted by Crippen LogP contribution is -2.55. The van der Waals surface area contributed by atoms with Gasteiger partial charge in [-0.05, 0) is 73.6 Å². The summed E-state index contributed by atoms with van der Waals surface area (Å²) < 4.78 is 11.5. The van der Waals surface area contributed by atoms with Gasteiger partial charge in [-0.15, -0.1) is 0 Å². The number of piperidine rings is 2. The second-order valence-electron chi connectivity index (χ2n) is 21.3. The summed E-state index contributed by atoms with van der Waals surface area (Å²) in [6, 6.07) is 36.8. The van der Waals surface area contributed by atoms with Crippen molar-refractivity contribution < 1.29 is 24.5 Å². The molecular weight excluding hydrogens is 929 g/mol. The summed E-state index contributed by atoms with van der Waals surface area (Å²) in [5.41, 5.74) is 8.36. The Hall–Kier alpha value is -6.33. The van der Waals surface area contributed by atoms with Crippen molar-refractivity contribution in [2.45, 2.75) is 113 Å². The van der Waals surface area contributed by atoms with Gasteiger partial charge in [-0.25, -0.2) is 19.9 Å². The second-order valence-corrected chi connectivity index (χ2v) is 21.3. The van der Waals surface area contributed by atoms with Crippen molar-refractivity contribution in [3.63, 3.8) is 0 Å². The third kappa shape index (κ3) is 9.77. The van der Waals surface area contributed by atoms with Crippen LogP contribution in [0.5, 0.6) is 0 Å². The number of fused-ring (bicyclic) bond motifs is 2. The zero-order valence-electron chi connectivity index (χ0n) is 42.5. The molecule has 2 saturated heterocycles. The highest BCUT2D eigenvalue weighted by Gasteiger charge is 2.42. The normalized spacial score (nSPS) is 26.1. The predicted molar refractivity (Wildman–Crippen MR) is 288 cm³/mol. The van der Waals surface area contributed by atoms with E-state index >= 15 is 4.79 Å². The number of nitrogens with one attached hydrogen (secondary N) is 2. The van der Waals surface area contributed by atoms with E-state index in [0.29, 0.717) is 60.6 Å². The first-order valence-electron chi connectivity index (χ1n) is 26.8. The number of aromatic nitrogens is 4. The molecule has 6 heterocycles. The van der Waals surface area contributed by atoms with E-state index < -0.39 is 12.2 Å². The van der Waals surface area contributed by atoms with Gasteiger partial charge in [-0.1, -0.05) is 109 Å². The predicted octanol–water partition coefficient (Wildman–Crippen LogP) is 7.01. The van der Waals surface area contributed by atoms with Crippen LogP contribution >= 0.6 is 0 Å². The van der Waals surface area contributed by atoms with Crippen LogP contribution in [0.2, 0.25) is 0 Å². The summed E-state index contributed by atoms with van der Waals surface area (Å²) in [5, 5.41) is 32.2. The molecule has 6 aliphatic rings. The lowest BCUT2D eigenvalue weighted by atomic mass is 9.89. The standard InChI is InChI=1S/C59H68N10O5/c1-73-45-29-43(30-45)60-58-53(68-27-23-47(49(70)35-68)66-25-21-37-13-9-11-19-41(37)33-66)51(62-56(64-58)39-15-5-3-6-16-39)55(72)52-54(59(61-44-31-46(32-44)74-2)65-57(63-52)40-17-7-4-8-18-40)69-28-24-48(50(71)36-69)67-26-22-38-14-10-12-20-42(38)34-67/h3-20,43-50,70-71H,21-36H2,1-2H3,(H,60,62,64)(H,61,63,65)/t43-,44-,45-,46-,47?,48?,49?,50?. The number of methoxy groups -OCH3 is 2. The third-order valence-corrected chi connectivity index (χ3v) is 16.8. The number of carbonyl (C=O) groups is 1. The fraction of sp³-hybridized carbons (Fsp3) is 0.441. The Labute approximate surface area is 434 Å². The Kier molecular flexibility index (Phi) is 13.9. The summed E-state index contributed by atoms with van der Waals surface area (Å²) >= 11 is 0. The molecule has 0 bridgehead atoms. The molecular formula is C59H68N10O5. The van der Waals surface area contributed by atoms with Crippen LogP contribution < -0.4 is 20.4 Å². The molecule has 74 heavy (non-hydrogen) atoms. The van der Waals surface area contributed by atoms with Gasteiger partial charge in [-0.2, -0.15) is 0 Å². The number of hydrogen-bond acceptors (Lipinski definition) is 15. The summed E-state index contributed by atoms with van der Waals surface area (Å²) in [7, 11) is 3.49. The van der Waals surface area contributed by atoms with Gasteiger partial charge in [0.1, 0.15) is 22.8 Å². The van der Waals surface area contributed by atoms with Gasteiger partial charge in [0, 0.05) is 102 Å². The van der Waals surface area contributed by atoms with Gasteiger partial charge >= 0.3 is 0 Å². The minimum Gasteiger partial charge on any atom is -0.390 e. The SMILES string of the molecule is CO[C@H]1C[C@H](Nc2nc(-c3ccccc3)nc(C(=O)c3nc(-c4ccccc4)nc(N[C@H]4C[C@H](OC)C4)c3N3CCC(N4CCc5ccccc5C4)C(O)C3)c2N2CCC(N3CCc4ccccc4C3)C(O)C2)C1. The van der Waals surface area contributed by atoms with E-state index in [-0.39, 0.29) is 66.6 Å². The molecule has 4 fully saturated rings. The largest absolute Gasteiger partial charge is 0.390 e. The monoisotopic (exact) mass is 997 g/mol. The molecule has 2 aromatic heterocycles. The molecule has 4 aliphatic heterocycles. The van der Waals surface area contributed by atoms with Crippen LogP contribution in [0.4, 0.5) is 23.0 Å². The van der Waals surface area contributed by atoms with Crippen LogP contribution in [0.25, 0.3) is 22.8 Å². The first kappa shape index (κ1) is 48.6. The maximum Gasteiger partial charge on any atom is 0.234 e. The molecule has 4 atom stereocenters. The number of aliphatic hydroxyl groups excluding tert-OH is 2. The number of anilines is 4. The number of carbonyl (C=O) groups excluding carboxylic acids is 1. The lowest BCUT2D eigenvalue weighted by molar-refractivity contribution is 0.0292. The van der Waals surface area contributed by atoms with E-state index in [4.69, 9.17) is 29.4 Å². The van der Waals surface area contributed by atoms with Gasteiger partial charge in [0.2, 0.25) is 5.78 Å². The number of benzene rings is 4. The van der Waals surface area contributed by atoms with E-state index in [1.165, 1.54) is 22.3 Å². The Morgan fingerprint density at radius 2 is 0.919 bits per heavy atom. The van der Waals surface area contributed by atoms with Crippen molar-refractivity contribution in [1.29, 1.82) is 0 Å². The molecule has 6 aromatic rings. The number of nitrogens with zero attached hydrogens (tertiary/aromatic N) is 8. The molecule has 4 unspecified atom stereocenters. The number of ketones is 1. The summed E-state index contributed by atoms with van der Waals surface area (Å²) in [6.07, 6.45) is 5.15. The lowest BCUT2D eigenvalue weighted by Gasteiger charge is -2.45. The van der Waals surface area contributed by atoms with Crippen LogP contribution in [0, 0.1) is 0 Å². The fourth-order valence-electron chi connectivity index (χ4n) is 12.4. The highest BCUT2D eigenvalue weighted by atomic mass is 16.5. The number of hydrogen-bond donors (Lipinski definition) is 4. The molecule has 0 spiro atoms. The Morgan fingerprint density at radius 1 is 0.527 bits per heavy atom. The number of aliphatic hydroxyl groups is 2. The minimum atomic E-state index is -0.718. The van der Waals surface area contributed by atoms with Crippen molar-refractivity contribution in [3.8, 4) is 22.8 Å². The molecule has 15 heteroatoms. The van der Waals surface area contributed by atoms with E-state index in [2.05, 4.69) is 78.8 Å². The zero-order valence-corrected chi connectivity index (χ0v) is 42.5. The number of ether oxygens (including phenoxy) is 2. The van der Waals surface area contributed by atoms with Gasteiger partial charge in [0.05, 0.1) is 24.4 Å². The van der Waals surface area contributed by atoms with Gasteiger partial charge in [-0.3, -0.25) is 14.6 Å². The number of rotatable bonds is 14. The Morgan fingerprint density at radius 3 is 1.31 bits per heavy atom. The van der Waals surface area contributed by atoms with E-state index in [1.807, 2.05) is 60.7 Å². The second kappa shape index (κ2) is 21.1. The van der Waals surface area contributed by atoms with Crippen molar-refractivity contribution in [3.05, 3.63) is 143 Å². The fourth-order valence-corrected chi connectivity index (χ4v) is 12.4. The van der Waals surface area contributed by atoms with Crippen molar-refractivity contribution >= 4 is 28.8 Å². The van der Waals surface area contributed by atoms with E-state index in [9.17, 15) is 10.2 Å². The quantitative estimate of drug-likeness (QED) is 0.0824.